The first-order valence-electron chi connectivity index (χ1n) is 6.60. The third kappa shape index (κ3) is 3.47. The average Bonchev–Trinajstić information content (AvgIpc) is 2.37. The molecule has 0 unspecified atom stereocenters. The van der Waals surface area contributed by atoms with Crippen LogP contribution >= 0.6 is 0 Å². The van der Waals surface area contributed by atoms with Crippen molar-refractivity contribution in [3.8, 4) is 0 Å². The first kappa shape index (κ1) is 13.4. The van der Waals surface area contributed by atoms with E-state index in [0.29, 0.717) is 6.04 Å². The predicted molar refractivity (Wildman–Crippen MR) is 81.1 cm³/mol. The second-order valence-corrected chi connectivity index (χ2v) is 5.15. The Bertz CT molecular complexity index is 532. The van der Waals surface area contributed by atoms with E-state index in [0.717, 1.165) is 18.1 Å². The van der Waals surface area contributed by atoms with Crippen molar-refractivity contribution in [1.29, 1.82) is 0 Å². The Hall–Kier alpha value is -2.03. The molecule has 0 radical (unpaired) electrons. The van der Waals surface area contributed by atoms with E-state index in [1.807, 2.05) is 24.4 Å². The van der Waals surface area contributed by atoms with Gasteiger partial charge in [0.05, 0.1) is 0 Å². The van der Waals surface area contributed by atoms with Crippen molar-refractivity contribution < 1.29 is 0 Å². The molecule has 0 spiro atoms. The van der Waals surface area contributed by atoms with E-state index in [4.69, 9.17) is 5.73 Å². The number of anilines is 2. The summed E-state index contributed by atoms with van der Waals surface area (Å²) >= 11 is 0. The summed E-state index contributed by atoms with van der Waals surface area (Å²) in [7, 11) is 0. The molecule has 0 aliphatic rings. The van der Waals surface area contributed by atoms with Gasteiger partial charge in [0.15, 0.2) is 0 Å². The third-order valence-corrected chi connectivity index (χ3v) is 3.15. The molecule has 1 aromatic heterocycles. The molecular formula is C16H21N3. The maximum atomic E-state index is 5.72. The van der Waals surface area contributed by atoms with E-state index >= 15 is 0 Å². The van der Waals surface area contributed by atoms with Crippen LogP contribution in [0.4, 0.5) is 11.5 Å². The van der Waals surface area contributed by atoms with E-state index in [1.54, 1.807) is 0 Å². The Labute approximate surface area is 115 Å². The number of nitrogens with zero attached hydrogens (tertiary/aromatic N) is 2. The SMILES string of the molecule is Cc1ccnc(N(Cc2ccc(N)cc2)C(C)C)c1. The van der Waals surface area contributed by atoms with Gasteiger partial charge in [-0.2, -0.15) is 0 Å². The van der Waals surface area contributed by atoms with Gasteiger partial charge in [-0.15, -0.1) is 0 Å². The molecule has 0 saturated heterocycles. The van der Waals surface area contributed by atoms with Crippen LogP contribution in [-0.4, -0.2) is 11.0 Å². The zero-order valence-corrected chi connectivity index (χ0v) is 11.8. The molecule has 0 amide bonds. The Balaban J connectivity index is 2.23. The standard InChI is InChI=1S/C16H21N3/c1-12(2)19(16-10-13(3)8-9-18-16)11-14-4-6-15(17)7-5-14/h4-10,12H,11,17H2,1-3H3. The Morgan fingerprint density at radius 2 is 1.84 bits per heavy atom. The molecule has 0 saturated carbocycles. The summed E-state index contributed by atoms with van der Waals surface area (Å²) in [5.41, 5.74) is 8.99. The molecule has 0 aliphatic heterocycles. The van der Waals surface area contributed by atoms with Gasteiger partial charge in [0.2, 0.25) is 0 Å². The van der Waals surface area contributed by atoms with Crippen molar-refractivity contribution in [3.05, 3.63) is 53.7 Å². The van der Waals surface area contributed by atoms with Gasteiger partial charge in [-0.1, -0.05) is 12.1 Å². The highest BCUT2D eigenvalue weighted by Crippen LogP contribution is 2.19. The second-order valence-electron chi connectivity index (χ2n) is 5.15. The van der Waals surface area contributed by atoms with E-state index in [-0.39, 0.29) is 0 Å². The fourth-order valence-electron chi connectivity index (χ4n) is 2.03. The van der Waals surface area contributed by atoms with Crippen LogP contribution in [0.15, 0.2) is 42.6 Å². The fraction of sp³-hybridized carbons (Fsp3) is 0.312. The number of pyridine rings is 1. The predicted octanol–water partition coefficient (Wildman–Crippen LogP) is 3.39. The number of hydrogen-bond donors (Lipinski definition) is 1. The highest BCUT2D eigenvalue weighted by molar-refractivity contribution is 5.44. The van der Waals surface area contributed by atoms with Gasteiger partial charge >= 0.3 is 0 Å². The third-order valence-electron chi connectivity index (χ3n) is 3.15. The molecule has 3 nitrogen and oxygen atoms in total. The maximum Gasteiger partial charge on any atom is 0.129 e. The molecule has 0 aliphatic carbocycles. The average molecular weight is 255 g/mol. The van der Waals surface area contributed by atoms with Crippen LogP contribution in [0.1, 0.15) is 25.0 Å². The lowest BCUT2D eigenvalue weighted by atomic mass is 10.1. The minimum atomic E-state index is 0.395. The highest BCUT2D eigenvalue weighted by atomic mass is 15.2. The molecule has 2 rings (SSSR count). The highest BCUT2D eigenvalue weighted by Gasteiger charge is 2.12. The van der Waals surface area contributed by atoms with Crippen LogP contribution in [0.5, 0.6) is 0 Å². The van der Waals surface area contributed by atoms with Crippen molar-refractivity contribution in [2.24, 2.45) is 0 Å². The van der Waals surface area contributed by atoms with Crippen LogP contribution in [0.25, 0.3) is 0 Å². The van der Waals surface area contributed by atoms with Gasteiger partial charge in [0, 0.05) is 24.5 Å². The number of nitrogen functional groups attached to an aromatic ring is 1. The van der Waals surface area contributed by atoms with Crippen molar-refractivity contribution in [1.82, 2.24) is 4.98 Å². The molecule has 0 fully saturated rings. The van der Waals surface area contributed by atoms with Gasteiger partial charge in [-0.05, 0) is 56.2 Å². The molecule has 2 N–H and O–H groups in total. The molecule has 100 valence electrons. The monoisotopic (exact) mass is 255 g/mol. The minimum Gasteiger partial charge on any atom is -0.399 e. The normalized spacial score (nSPS) is 10.7. The van der Waals surface area contributed by atoms with Crippen LogP contribution < -0.4 is 10.6 Å². The van der Waals surface area contributed by atoms with Gasteiger partial charge in [-0.25, -0.2) is 4.98 Å². The van der Waals surface area contributed by atoms with E-state index in [1.165, 1.54) is 11.1 Å². The van der Waals surface area contributed by atoms with Gasteiger partial charge in [-0.3, -0.25) is 0 Å². The first-order valence-corrected chi connectivity index (χ1v) is 6.60. The largest absolute Gasteiger partial charge is 0.399 e. The summed E-state index contributed by atoms with van der Waals surface area (Å²) in [6, 6.07) is 12.6. The van der Waals surface area contributed by atoms with E-state index in [2.05, 4.69) is 48.9 Å². The Kier molecular flexibility index (Phi) is 4.05. The molecule has 1 heterocycles. The minimum absolute atomic E-state index is 0.395. The summed E-state index contributed by atoms with van der Waals surface area (Å²) in [5, 5.41) is 0. The lowest BCUT2D eigenvalue weighted by molar-refractivity contribution is 0.672. The molecular weight excluding hydrogens is 234 g/mol. The number of hydrogen-bond acceptors (Lipinski definition) is 3. The zero-order chi connectivity index (χ0) is 13.8. The molecule has 19 heavy (non-hydrogen) atoms. The molecule has 0 atom stereocenters. The summed E-state index contributed by atoms with van der Waals surface area (Å²) < 4.78 is 0. The van der Waals surface area contributed by atoms with Crippen molar-refractivity contribution in [2.45, 2.75) is 33.4 Å². The number of aromatic nitrogens is 1. The zero-order valence-electron chi connectivity index (χ0n) is 11.8. The number of nitrogens with two attached hydrogens (primary N) is 1. The topological polar surface area (TPSA) is 42.2 Å². The van der Waals surface area contributed by atoms with Crippen LogP contribution in [0.3, 0.4) is 0 Å². The summed E-state index contributed by atoms with van der Waals surface area (Å²) in [5.74, 6) is 1.02. The van der Waals surface area contributed by atoms with Gasteiger partial charge < -0.3 is 10.6 Å². The summed E-state index contributed by atoms with van der Waals surface area (Å²) in [6.45, 7) is 7.30. The van der Waals surface area contributed by atoms with E-state index < -0.39 is 0 Å². The van der Waals surface area contributed by atoms with Crippen molar-refractivity contribution in [2.75, 3.05) is 10.6 Å². The van der Waals surface area contributed by atoms with Crippen molar-refractivity contribution in [3.63, 3.8) is 0 Å². The number of benzene rings is 1. The molecule has 1 aromatic carbocycles. The van der Waals surface area contributed by atoms with Gasteiger partial charge in [0.25, 0.3) is 0 Å². The van der Waals surface area contributed by atoms with Crippen LogP contribution in [0, 0.1) is 6.92 Å². The summed E-state index contributed by atoms with van der Waals surface area (Å²) in [6.07, 6.45) is 1.86. The van der Waals surface area contributed by atoms with Crippen LogP contribution in [-0.2, 0) is 6.54 Å². The number of rotatable bonds is 4. The lowest BCUT2D eigenvalue weighted by Gasteiger charge is -2.28. The summed E-state index contributed by atoms with van der Waals surface area (Å²) in [4.78, 5) is 6.77. The maximum absolute atomic E-state index is 5.72. The smallest absolute Gasteiger partial charge is 0.129 e. The Morgan fingerprint density at radius 1 is 1.16 bits per heavy atom. The van der Waals surface area contributed by atoms with E-state index in [9.17, 15) is 0 Å². The fourth-order valence-corrected chi connectivity index (χ4v) is 2.03. The molecule has 2 aromatic rings. The number of aryl methyl sites for hydroxylation is 1. The van der Waals surface area contributed by atoms with Crippen molar-refractivity contribution >= 4 is 11.5 Å². The molecule has 0 bridgehead atoms. The molecule has 3 heteroatoms. The lowest BCUT2D eigenvalue weighted by Crippen LogP contribution is -2.30. The Morgan fingerprint density at radius 3 is 2.42 bits per heavy atom. The quantitative estimate of drug-likeness (QED) is 0.851. The van der Waals surface area contributed by atoms with Crippen LogP contribution in [0.2, 0.25) is 0 Å². The second kappa shape index (κ2) is 5.74. The van der Waals surface area contributed by atoms with Gasteiger partial charge in [0.1, 0.15) is 5.82 Å². The first-order chi connectivity index (χ1) is 9.06.